The van der Waals surface area contributed by atoms with Crippen LogP contribution in [0.3, 0.4) is 0 Å². The summed E-state index contributed by atoms with van der Waals surface area (Å²) >= 11 is 7.90. The first kappa shape index (κ1) is 16.2. The van der Waals surface area contributed by atoms with Crippen molar-refractivity contribution in [2.75, 3.05) is 6.61 Å². The molecule has 2 unspecified atom stereocenters. The minimum absolute atomic E-state index is 0.134. The van der Waals surface area contributed by atoms with Crippen molar-refractivity contribution in [3.8, 4) is 0 Å². The van der Waals surface area contributed by atoms with Crippen molar-refractivity contribution in [2.24, 2.45) is 11.8 Å². The molecule has 1 fully saturated rings. The molecule has 1 saturated carbocycles. The fourth-order valence-electron chi connectivity index (χ4n) is 3.18. The second-order valence-corrected chi connectivity index (χ2v) is 6.89. The quantitative estimate of drug-likeness (QED) is 0.595. The largest absolute Gasteiger partial charge is 0.377 e. The summed E-state index contributed by atoms with van der Waals surface area (Å²) in [5.74, 6) is 6.42. The van der Waals surface area contributed by atoms with Gasteiger partial charge in [0.15, 0.2) is 0 Å². The summed E-state index contributed by atoms with van der Waals surface area (Å²) in [6.45, 7) is 2.79. The van der Waals surface area contributed by atoms with Crippen LogP contribution in [0.4, 0.5) is 0 Å². The number of rotatable bonds is 7. The topological polar surface area (TPSA) is 47.3 Å². The van der Waals surface area contributed by atoms with E-state index in [0.717, 1.165) is 18.1 Å². The van der Waals surface area contributed by atoms with Crippen LogP contribution in [0.25, 0.3) is 0 Å². The Hall–Kier alpha value is -0.130. The van der Waals surface area contributed by atoms with Gasteiger partial charge in [0, 0.05) is 17.9 Å². The molecule has 1 aliphatic carbocycles. The second kappa shape index (κ2) is 8.35. The molecule has 1 aliphatic rings. The Morgan fingerprint density at radius 1 is 1.45 bits per heavy atom. The minimum atomic E-state index is 0.134. The van der Waals surface area contributed by atoms with E-state index in [1.54, 1.807) is 11.3 Å². The maximum atomic E-state index is 6.21. The van der Waals surface area contributed by atoms with E-state index in [9.17, 15) is 0 Å². The van der Waals surface area contributed by atoms with Gasteiger partial charge in [0.2, 0.25) is 0 Å². The number of hydrazine groups is 1. The molecule has 0 saturated heterocycles. The van der Waals surface area contributed by atoms with E-state index in [2.05, 4.69) is 12.3 Å². The summed E-state index contributed by atoms with van der Waals surface area (Å²) in [6, 6.07) is 2.08. The highest BCUT2D eigenvalue weighted by Gasteiger charge is 2.31. The molecule has 0 spiro atoms. The highest BCUT2D eigenvalue weighted by molar-refractivity contribution is 7.10. The zero-order valence-electron chi connectivity index (χ0n) is 12.1. The number of nitrogens with one attached hydrogen (secondary N) is 1. The summed E-state index contributed by atoms with van der Waals surface area (Å²) in [5.41, 5.74) is 2.97. The average molecular weight is 317 g/mol. The molecule has 1 aromatic rings. The fourth-order valence-corrected chi connectivity index (χ4v) is 4.35. The van der Waals surface area contributed by atoms with E-state index in [1.165, 1.54) is 37.0 Å². The highest BCUT2D eigenvalue weighted by atomic mass is 35.5. The molecule has 0 radical (unpaired) electrons. The van der Waals surface area contributed by atoms with Crippen molar-refractivity contribution >= 4 is 22.9 Å². The number of hydrogen-bond acceptors (Lipinski definition) is 4. The Bertz CT molecular complexity index is 393. The van der Waals surface area contributed by atoms with Crippen molar-refractivity contribution in [2.45, 2.75) is 57.6 Å². The molecule has 0 aromatic carbocycles. The summed E-state index contributed by atoms with van der Waals surface area (Å²) in [6.07, 6.45) is 7.50. The zero-order chi connectivity index (χ0) is 14.4. The second-order valence-electron chi connectivity index (χ2n) is 5.49. The molecular formula is C15H25ClN2OS. The first-order valence-corrected chi connectivity index (χ1v) is 8.81. The molecule has 5 heteroatoms. The Morgan fingerprint density at radius 3 is 2.75 bits per heavy atom. The fraction of sp³-hybridized carbons (Fsp3) is 0.733. The van der Waals surface area contributed by atoms with Crippen LogP contribution in [0, 0.1) is 5.92 Å². The van der Waals surface area contributed by atoms with Gasteiger partial charge >= 0.3 is 0 Å². The minimum Gasteiger partial charge on any atom is -0.377 e. The van der Waals surface area contributed by atoms with E-state index in [0.29, 0.717) is 5.92 Å². The lowest BCUT2D eigenvalue weighted by Gasteiger charge is -2.35. The van der Waals surface area contributed by atoms with Crippen molar-refractivity contribution in [1.82, 2.24) is 5.43 Å². The van der Waals surface area contributed by atoms with Crippen LogP contribution < -0.4 is 11.3 Å². The summed E-state index contributed by atoms with van der Waals surface area (Å²) in [4.78, 5) is 1.19. The maximum absolute atomic E-state index is 6.21. The van der Waals surface area contributed by atoms with Crippen LogP contribution in [0.15, 0.2) is 11.4 Å². The molecule has 3 N–H and O–H groups in total. The predicted molar refractivity (Wildman–Crippen MR) is 86.1 cm³/mol. The Morgan fingerprint density at radius 2 is 2.20 bits per heavy atom. The van der Waals surface area contributed by atoms with E-state index < -0.39 is 0 Å². The first-order valence-electron chi connectivity index (χ1n) is 7.55. The molecule has 1 heterocycles. The van der Waals surface area contributed by atoms with Crippen LogP contribution in [-0.2, 0) is 11.2 Å². The van der Waals surface area contributed by atoms with Crippen molar-refractivity contribution in [1.29, 1.82) is 0 Å². The van der Waals surface area contributed by atoms with Crippen LogP contribution in [-0.4, -0.2) is 18.8 Å². The lowest BCUT2D eigenvalue weighted by Crippen LogP contribution is -2.50. The molecule has 114 valence electrons. The lowest BCUT2D eigenvalue weighted by molar-refractivity contribution is -0.0173. The third-order valence-corrected chi connectivity index (χ3v) is 5.59. The Kier molecular flexibility index (Phi) is 6.78. The van der Waals surface area contributed by atoms with Gasteiger partial charge in [0.25, 0.3) is 0 Å². The third kappa shape index (κ3) is 4.18. The molecule has 0 bridgehead atoms. The highest BCUT2D eigenvalue weighted by Crippen LogP contribution is 2.32. The molecular weight excluding hydrogens is 292 g/mol. The number of nitrogens with two attached hydrogens (primary N) is 1. The average Bonchev–Trinajstić information content (AvgIpc) is 2.89. The van der Waals surface area contributed by atoms with E-state index in [4.69, 9.17) is 22.2 Å². The molecule has 1 aromatic heterocycles. The van der Waals surface area contributed by atoms with Crippen LogP contribution in [0.2, 0.25) is 5.02 Å². The van der Waals surface area contributed by atoms with Gasteiger partial charge in [-0.1, -0.05) is 30.9 Å². The van der Waals surface area contributed by atoms with Gasteiger partial charge in [-0.25, -0.2) is 0 Å². The zero-order valence-corrected chi connectivity index (χ0v) is 13.7. The molecule has 3 nitrogen and oxygen atoms in total. The standard InChI is InChI=1S/C15H25ClN2OS/c1-2-19-15(11-6-4-3-5-7-11)13(18-17)10-14-12(16)8-9-20-14/h8-9,11,13,15,18H,2-7,10,17H2,1H3. The summed E-state index contributed by atoms with van der Waals surface area (Å²) in [7, 11) is 0. The monoisotopic (exact) mass is 316 g/mol. The molecule has 0 aliphatic heterocycles. The number of ether oxygens (including phenoxy) is 1. The van der Waals surface area contributed by atoms with Crippen molar-refractivity contribution in [3.05, 3.63) is 21.3 Å². The summed E-state index contributed by atoms with van der Waals surface area (Å²) in [5, 5.41) is 2.87. The number of hydrogen-bond donors (Lipinski definition) is 2. The first-order chi connectivity index (χ1) is 9.76. The maximum Gasteiger partial charge on any atom is 0.0772 e. The van der Waals surface area contributed by atoms with Gasteiger partial charge in [-0.05, 0) is 37.1 Å². The van der Waals surface area contributed by atoms with E-state index in [-0.39, 0.29) is 12.1 Å². The van der Waals surface area contributed by atoms with Crippen LogP contribution >= 0.6 is 22.9 Å². The van der Waals surface area contributed by atoms with Gasteiger partial charge in [0.05, 0.1) is 17.2 Å². The summed E-state index contributed by atoms with van der Waals surface area (Å²) < 4.78 is 6.04. The van der Waals surface area contributed by atoms with E-state index in [1.807, 2.05) is 11.4 Å². The number of halogens is 1. The predicted octanol–water partition coefficient (Wildman–Crippen LogP) is 3.76. The van der Waals surface area contributed by atoms with Gasteiger partial charge in [-0.2, -0.15) is 0 Å². The SMILES string of the molecule is CCOC(C1CCCCC1)C(Cc1sccc1Cl)NN. The molecule has 2 atom stereocenters. The molecule has 0 amide bonds. The van der Waals surface area contributed by atoms with Crippen LogP contribution in [0.5, 0.6) is 0 Å². The van der Waals surface area contributed by atoms with Crippen molar-refractivity contribution < 1.29 is 4.74 Å². The molecule has 20 heavy (non-hydrogen) atoms. The number of thiophene rings is 1. The van der Waals surface area contributed by atoms with Crippen molar-refractivity contribution in [3.63, 3.8) is 0 Å². The van der Waals surface area contributed by atoms with E-state index >= 15 is 0 Å². The Balaban J connectivity index is 2.05. The Labute approximate surface area is 130 Å². The van der Waals surface area contributed by atoms with Gasteiger partial charge in [-0.15, -0.1) is 11.3 Å². The molecule has 2 rings (SSSR count). The van der Waals surface area contributed by atoms with Crippen LogP contribution in [0.1, 0.15) is 43.9 Å². The van der Waals surface area contributed by atoms with Gasteiger partial charge in [0.1, 0.15) is 0 Å². The van der Waals surface area contributed by atoms with Gasteiger partial charge < -0.3 is 4.74 Å². The third-order valence-electron chi connectivity index (χ3n) is 4.18. The van der Waals surface area contributed by atoms with Gasteiger partial charge in [-0.3, -0.25) is 11.3 Å². The smallest absolute Gasteiger partial charge is 0.0772 e. The normalized spacial score (nSPS) is 19.9. The lowest BCUT2D eigenvalue weighted by atomic mass is 9.82.